The van der Waals surface area contributed by atoms with Gasteiger partial charge in [-0.3, -0.25) is 0 Å². The zero-order chi connectivity index (χ0) is 11.6. The maximum absolute atomic E-state index is 2.27. The van der Waals surface area contributed by atoms with Crippen molar-refractivity contribution in [2.24, 2.45) is 0 Å². The molecule has 0 bridgehead atoms. The Hall–Kier alpha value is -0.530. The van der Waals surface area contributed by atoms with Crippen molar-refractivity contribution in [2.75, 3.05) is 20.6 Å². The summed E-state index contributed by atoms with van der Waals surface area (Å²) in [7, 11) is 4.30. The Bertz CT molecular complexity index is 259. The van der Waals surface area contributed by atoms with Crippen molar-refractivity contribution in [3.63, 3.8) is 0 Å². The topological polar surface area (TPSA) is 3.24 Å². The third-order valence-electron chi connectivity index (χ3n) is 2.91. The average molecular weight is 256 g/mol. The van der Waals surface area contributed by atoms with Gasteiger partial charge in [0.1, 0.15) is 0 Å². The zero-order valence-corrected chi connectivity index (χ0v) is 12.0. The molecule has 0 atom stereocenters. The highest BCUT2D eigenvalue weighted by Crippen LogP contribution is 2.08. The van der Waals surface area contributed by atoms with E-state index in [0.29, 0.717) is 0 Å². The molecule has 2 heteroatoms. The first-order valence-electron chi connectivity index (χ1n) is 6.47. The predicted molar refractivity (Wildman–Crippen MR) is 79.0 cm³/mol. The molecule has 0 N–H and O–H groups in total. The second-order valence-electron chi connectivity index (χ2n) is 4.81. The average Bonchev–Trinajstić information content (AvgIpc) is 2.29. The van der Waals surface area contributed by atoms with E-state index < -0.39 is 0 Å². The van der Waals surface area contributed by atoms with Gasteiger partial charge in [-0.1, -0.05) is 49.6 Å². The molecule has 0 radical (unpaired) electrons. The first-order chi connectivity index (χ1) is 7.79. The molecule has 0 aliphatic rings. The van der Waals surface area contributed by atoms with E-state index >= 15 is 0 Å². The Morgan fingerprint density at radius 2 is 1.41 bits per heavy atom. The number of aryl methyl sites for hydroxylation is 1. The van der Waals surface area contributed by atoms with Crippen LogP contribution in [0, 0.1) is 0 Å². The van der Waals surface area contributed by atoms with E-state index in [1.165, 1.54) is 50.6 Å². The van der Waals surface area contributed by atoms with Crippen LogP contribution in [0.15, 0.2) is 30.3 Å². The normalized spacial score (nSPS) is 10.3. The summed E-state index contributed by atoms with van der Waals surface area (Å²) < 4.78 is 0. The Kier molecular flexibility index (Phi) is 10.3. The minimum Gasteiger partial charge on any atom is -0.309 e. The van der Waals surface area contributed by atoms with Crippen molar-refractivity contribution in [3.8, 4) is 0 Å². The quantitative estimate of drug-likeness (QED) is 0.631. The van der Waals surface area contributed by atoms with Crippen LogP contribution in [0.3, 0.4) is 0 Å². The number of hydrogen-bond donors (Lipinski definition) is 0. The summed E-state index contributed by atoms with van der Waals surface area (Å²) in [6.07, 6.45) is 8.08. The Balaban J connectivity index is 0.00000256. The molecule has 1 aromatic rings. The predicted octanol–water partition coefficient (Wildman–Crippen LogP) is 4.16. The van der Waals surface area contributed by atoms with Gasteiger partial charge >= 0.3 is 0 Å². The molecule has 0 unspecified atom stereocenters. The minimum atomic E-state index is 0. The summed E-state index contributed by atoms with van der Waals surface area (Å²) in [5, 5.41) is 0. The highest BCUT2D eigenvalue weighted by Gasteiger charge is 1.94. The van der Waals surface area contributed by atoms with E-state index in [0.717, 1.165) is 0 Å². The number of benzene rings is 1. The van der Waals surface area contributed by atoms with Crippen LogP contribution in [0.4, 0.5) is 0 Å². The van der Waals surface area contributed by atoms with Crippen molar-refractivity contribution in [2.45, 2.75) is 38.5 Å². The molecule has 1 rings (SSSR count). The van der Waals surface area contributed by atoms with E-state index in [-0.39, 0.29) is 12.4 Å². The first-order valence-corrected chi connectivity index (χ1v) is 6.47. The molecule has 0 amide bonds. The van der Waals surface area contributed by atoms with Gasteiger partial charge in [0.05, 0.1) is 0 Å². The molecule has 98 valence electrons. The second-order valence-corrected chi connectivity index (χ2v) is 4.81. The van der Waals surface area contributed by atoms with Gasteiger partial charge in [-0.05, 0) is 45.5 Å². The third kappa shape index (κ3) is 9.20. The largest absolute Gasteiger partial charge is 0.309 e. The summed E-state index contributed by atoms with van der Waals surface area (Å²) in [5.74, 6) is 0. The van der Waals surface area contributed by atoms with Gasteiger partial charge in [-0.15, -0.1) is 12.4 Å². The van der Waals surface area contributed by atoms with Crippen molar-refractivity contribution in [1.82, 2.24) is 4.90 Å². The van der Waals surface area contributed by atoms with Gasteiger partial charge in [-0.25, -0.2) is 0 Å². The molecule has 0 spiro atoms. The number of unbranched alkanes of at least 4 members (excludes halogenated alkanes) is 4. The molecule has 0 aliphatic carbocycles. The molecule has 0 heterocycles. The Morgan fingerprint density at radius 1 is 0.824 bits per heavy atom. The first kappa shape index (κ1) is 16.5. The zero-order valence-electron chi connectivity index (χ0n) is 11.2. The third-order valence-corrected chi connectivity index (χ3v) is 2.91. The van der Waals surface area contributed by atoms with Crippen LogP contribution in [0.5, 0.6) is 0 Å². The number of rotatable bonds is 8. The lowest BCUT2D eigenvalue weighted by atomic mass is 10.1. The van der Waals surface area contributed by atoms with Crippen LogP contribution in [-0.4, -0.2) is 25.5 Å². The molecular weight excluding hydrogens is 230 g/mol. The van der Waals surface area contributed by atoms with E-state index in [1.807, 2.05) is 0 Å². The van der Waals surface area contributed by atoms with Gasteiger partial charge < -0.3 is 4.90 Å². The lowest BCUT2D eigenvalue weighted by molar-refractivity contribution is 0.389. The molecule has 17 heavy (non-hydrogen) atoms. The SMILES string of the molecule is CN(C)CCCCCCCc1ccccc1.Cl. The number of nitrogens with zero attached hydrogens (tertiary/aromatic N) is 1. The molecule has 0 fully saturated rings. The fraction of sp³-hybridized carbons (Fsp3) is 0.600. The Labute approximate surface area is 113 Å². The fourth-order valence-corrected chi connectivity index (χ4v) is 1.93. The molecule has 0 saturated carbocycles. The lowest BCUT2D eigenvalue weighted by Crippen LogP contribution is -2.12. The molecule has 0 aromatic heterocycles. The monoisotopic (exact) mass is 255 g/mol. The molecule has 1 nitrogen and oxygen atoms in total. The summed E-state index contributed by atoms with van der Waals surface area (Å²) in [4.78, 5) is 2.27. The van der Waals surface area contributed by atoms with Crippen molar-refractivity contribution < 1.29 is 0 Å². The summed E-state index contributed by atoms with van der Waals surface area (Å²) in [6, 6.07) is 10.8. The fourth-order valence-electron chi connectivity index (χ4n) is 1.93. The summed E-state index contributed by atoms with van der Waals surface area (Å²) >= 11 is 0. The number of halogens is 1. The van der Waals surface area contributed by atoms with Crippen LogP contribution >= 0.6 is 12.4 Å². The van der Waals surface area contributed by atoms with Gasteiger partial charge in [0.15, 0.2) is 0 Å². The van der Waals surface area contributed by atoms with Crippen LogP contribution < -0.4 is 0 Å². The number of hydrogen-bond acceptors (Lipinski definition) is 1. The molecule has 0 aliphatic heterocycles. The van der Waals surface area contributed by atoms with E-state index in [4.69, 9.17) is 0 Å². The van der Waals surface area contributed by atoms with Crippen LogP contribution in [0.2, 0.25) is 0 Å². The van der Waals surface area contributed by atoms with E-state index in [1.54, 1.807) is 0 Å². The van der Waals surface area contributed by atoms with Crippen molar-refractivity contribution in [3.05, 3.63) is 35.9 Å². The second kappa shape index (κ2) is 10.6. The standard InChI is InChI=1S/C15H25N.ClH/c1-16(2)14-10-5-3-4-7-11-15-12-8-6-9-13-15;/h6,8-9,12-13H,3-5,7,10-11,14H2,1-2H3;1H. The lowest BCUT2D eigenvalue weighted by Gasteiger charge is -2.08. The highest BCUT2D eigenvalue weighted by atomic mass is 35.5. The molecule has 1 aromatic carbocycles. The van der Waals surface area contributed by atoms with Gasteiger partial charge in [0.25, 0.3) is 0 Å². The minimum absolute atomic E-state index is 0. The van der Waals surface area contributed by atoms with E-state index in [9.17, 15) is 0 Å². The van der Waals surface area contributed by atoms with Crippen molar-refractivity contribution >= 4 is 12.4 Å². The molecular formula is C15H26ClN. The summed E-state index contributed by atoms with van der Waals surface area (Å²) in [6.45, 7) is 1.23. The summed E-state index contributed by atoms with van der Waals surface area (Å²) in [5.41, 5.74) is 1.48. The van der Waals surface area contributed by atoms with Crippen LogP contribution in [0.25, 0.3) is 0 Å². The van der Waals surface area contributed by atoms with Crippen LogP contribution in [-0.2, 0) is 6.42 Å². The van der Waals surface area contributed by atoms with Crippen LogP contribution in [0.1, 0.15) is 37.7 Å². The van der Waals surface area contributed by atoms with Gasteiger partial charge in [-0.2, -0.15) is 0 Å². The van der Waals surface area contributed by atoms with Crippen molar-refractivity contribution in [1.29, 1.82) is 0 Å². The van der Waals surface area contributed by atoms with Gasteiger partial charge in [0.2, 0.25) is 0 Å². The van der Waals surface area contributed by atoms with Gasteiger partial charge in [0, 0.05) is 0 Å². The van der Waals surface area contributed by atoms with E-state index in [2.05, 4.69) is 49.3 Å². The Morgan fingerprint density at radius 3 is 2.06 bits per heavy atom. The smallest absolute Gasteiger partial charge is 0.00248 e. The maximum Gasteiger partial charge on any atom is -0.00248 e. The highest BCUT2D eigenvalue weighted by molar-refractivity contribution is 5.85. The molecule has 0 saturated heterocycles. The maximum atomic E-state index is 2.27.